The zero-order valence-corrected chi connectivity index (χ0v) is 10.5. The van der Waals surface area contributed by atoms with Gasteiger partial charge in [0.25, 0.3) is 0 Å². The molecule has 0 fully saturated rings. The van der Waals surface area contributed by atoms with Crippen molar-refractivity contribution < 1.29 is 23.1 Å². The lowest BCUT2D eigenvalue weighted by atomic mass is 10.3. The molecule has 0 aromatic carbocycles. The Hall–Kier alpha value is -1.87. The smallest absolute Gasteiger partial charge is 0.352 e. The third-order valence-corrected chi connectivity index (χ3v) is 3.69. The van der Waals surface area contributed by atoms with E-state index in [1.54, 1.807) is 0 Å². The fourth-order valence-corrected chi connectivity index (χ4v) is 2.42. The highest BCUT2D eigenvalue weighted by atomic mass is 32.2. The van der Waals surface area contributed by atoms with Gasteiger partial charge in [-0.15, -0.1) is 0 Å². The molecule has 0 radical (unpaired) electrons. The van der Waals surface area contributed by atoms with E-state index in [-0.39, 0.29) is 10.6 Å². The number of aromatic nitrogens is 1. The fourth-order valence-electron chi connectivity index (χ4n) is 1.22. The van der Waals surface area contributed by atoms with Crippen LogP contribution in [0.25, 0.3) is 0 Å². The van der Waals surface area contributed by atoms with Crippen molar-refractivity contribution in [2.45, 2.75) is 17.9 Å². The number of aromatic amines is 1. The lowest BCUT2D eigenvalue weighted by Crippen LogP contribution is -2.43. The molecule has 4 N–H and O–H groups in total. The van der Waals surface area contributed by atoms with Gasteiger partial charge in [0.2, 0.25) is 15.9 Å². The first-order valence-electron chi connectivity index (χ1n) is 4.93. The normalized spacial score (nSPS) is 13.0. The largest absolute Gasteiger partial charge is 0.477 e. The average molecular weight is 275 g/mol. The molecule has 0 aliphatic heterocycles. The Morgan fingerprint density at radius 2 is 2.06 bits per heavy atom. The molecule has 0 bridgehead atoms. The molecule has 100 valence electrons. The number of sulfonamides is 1. The maximum atomic E-state index is 11.8. The topological polar surface area (TPSA) is 128 Å². The second kappa shape index (κ2) is 5.19. The Balaban J connectivity index is 2.92. The highest BCUT2D eigenvalue weighted by Crippen LogP contribution is 2.11. The molecular weight excluding hydrogens is 262 g/mol. The first-order valence-corrected chi connectivity index (χ1v) is 6.42. The number of rotatable bonds is 5. The Bertz CT molecular complexity index is 563. The van der Waals surface area contributed by atoms with E-state index < -0.39 is 27.9 Å². The van der Waals surface area contributed by atoms with E-state index in [1.807, 2.05) is 0 Å². The predicted molar refractivity (Wildman–Crippen MR) is 61.6 cm³/mol. The first kappa shape index (κ1) is 14.2. The molecule has 9 heteroatoms. The molecule has 1 unspecified atom stereocenters. The molecule has 1 aromatic rings. The van der Waals surface area contributed by atoms with Crippen LogP contribution in [0.3, 0.4) is 0 Å². The first-order chi connectivity index (χ1) is 8.27. The van der Waals surface area contributed by atoms with Gasteiger partial charge in [-0.2, -0.15) is 4.72 Å². The van der Waals surface area contributed by atoms with Gasteiger partial charge >= 0.3 is 5.97 Å². The highest BCUT2D eigenvalue weighted by Gasteiger charge is 2.23. The van der Waals surface area contributed by atoms with Gasteiger partial charge < -0.3 is 15.4 Å². The summed E-state index contributed by atoms with van der Waals surface area (Å²) in [5.41, 5.74) is -0.247. The van der Waals surface area contributed by atoms with Crippen LogP contribution in [0.5, 0.6) is 0 Å². The summed E-state index contributed by atoms with van der Waals surface area (Å²) in [5, 5.41) is 11.0. The third kappa shape index (κ3) is 3.08. The van der Waals surface area contributed by atoms with E-state index in [1.165, 1.54) is 14.0 Å². The molecule has 0 spiro atoms. The van der Waals surface area contributed by atoms with Crippen LogP contribution in [0, 0.1) is 0 Å². The number of nitrogens with one attached hydrogen (secondary N) is 3. The number of likely N-dealkylation sites (N-methyl/N-ethyl adjacent to an activating group) is 1. The number of aromatic carboxylic acids is 1. The standard InChI is InChI=1S/C9H13N3O5S/c1-5(8(13)10-2)12-18(16,17)6-3-7(9(14)15)11-4-6/h3-5,11-12H,1-2H3,(H,10,13)(H,14,15). The van der Waals surface area contributed by atoms with Crippen LogP contribution in [-0.2, 0) is 14.8 Å². The van der Waals surface area contributed by atoms with Crippen molar-refractivity contribution in [1.82, 2.24) is 15.0 Å². The number of carboxylic acid groups (broad SMARTS) is 1. The molecule has 1 amide bonds. The van der Waals surface area contributed by atoms with Crippen molar-refractivity contribution in [3.63, 3.8) is 0 Å². The number of carbonyl (C=O) groups excluding carboxylic acids is 1. The van der Waals surface area contributed by atoms with E-state index in [4.69, 9.17) is 5.11 Å². The number of H-pyrrole nitrogens is 1. The molecule has 18 heavy (non-hydrogen) atoms. The summed E-state index contributed by atoms with van der Waals surface area (Å²) in [6.07, 6.45) is 1.04. The summed E-state index contributed by atoms with van der Waals surface area (Å²) in [6.45, 7) is 1.38. The van der Waals surface area contributed by atoms with Crippen LogP contribution >= 0.6 is 0 Å². The second-order valence-electron chi connectivity index (χ2n) is 3.51. The summed E-state index contributed by atoms with van der Waals surface area (Å²) in [7, 11) is -2.55. The number of carbonyl (C=O) groups is 2. The Morgan fingerprint density at radius 1 is 1.44 bits per heavy atom. The van der Waals surface area contributed by atoms with E-state index >= 15 is 0 Å². The van der Waals surface area contributed by atoms with Crippen LogP contribution in [0.4, 0.5) is 0 Å². The van der Waals surface area contributed by atoms with E-state index in [9.17, 15) is 18.0 Å². The number of hydrogen-bond donors (Lipinski definition) is 4. The van der Waals surface area contributed by atoms with Gasteiger partial charge in [0.1, 0.15) is 10.6 Å². The molecule has 1 aromatic heterocycles. The Kier molecular flexibility index (Phi) is 4.09. The van der Waals surface area contributed by atoms with Crippen molar-refractivity contribution >= 4 is 21.9 Å². The third-order valence-electron chi connectivity index (χ3n) is 2.17. The van der Waals surface area contributed by atoms with Gasteiger partial charge in [0, 0.05) is 13.2 Å². The number of hydrogen-bond acceptors (Lipinski definition) is 4. The van der Waals surface area contributed by atoms with Crippen molar-refractivity contribution in [3.8, 4) is 0 Å². The number of carboxylic acids is 1. The van der Waals surface area contributed by atoms with Gasteiger partial charge in [-0.1, -0.05) is 0 Å². The van der Waals surface area contributed by atoms with E-state index in [0.717, 1.165) is 12.3 Å². The van der Waals surface area contributed by atoms with Gasteiger partial charge in [-0.25, -0.2) is 13.2 Å². The Morgan fingerprint density at radius 3 is 2.50 bits per heavy atom. The van der Waals surface area contributed by atoms with Crippen LogP contribution in [0.2, 0.25) is 0 Å². The van der Waals surface area contributed by atoms with Crippen LogP contribution in [0.1, 0.15) is 17.4 Å². The van der Waals surface area contributed by atoms with Crippen LogP contribution in [-0.4, -0.2) is 43.5 Å². The maximum Gasteiger partial charge on any atom is 0.352 e. The lowest BCUT2D eigenvalue weighted by Gasteiger charge is -2.11. The zero-order valence-electron chi connectivity index (χ0n) is 9.72. The quantitative estimate of drug-likeness (QED) is 0.555. The molecule has 0 saturated heterocycles. The van der Waals surface area contributed by atoms with Gasteiger partial charge in [0.15, 0.2) is 0 Å². The van der Waals surface area contributed by atoms with Crippen molar-refractivity contribution in [2.75, 3.05) is 7.05 Å². The lowest BCUT2D eigenvalue weighted by molar-refractivity contribution is -0.121. The summed E-state index contributed by atoms with van der Waals surface area (Å²) in [5.74, 6) is -1.76. The summed E-state index contributed by atoms with van der Waals surface area (Å²) >= 11 is 0. The second-order valence-corrected chi connectivity index (χ2v) is 5.23. The molecular formula is C9H13N3O5S. The molecule has 0 aliphatic carbocycles. The SMILES string of the molecule is CNC(=O)C(C)NS(=O)(=O)c1c[nH]c(C(=O)O)c1. The minimum atomic E-state index is -3.93. The molecule has 0 saturated carbocycles. The summed E-state index contributed by atoms with van der Waals surface area (Å²) in [6, 6.07) is 0.0181. The molecule has 1 heterocycles. The monoisotopic (exact) mass is 275 g/mol. The van der Waals surface area contributed by atoms with Gasteiger partial charge in [0.05, 0.1) is 6.04 Å². The van der Waals surface area contributed by atoms with Crippen LogP contribution < -0.4 is 10.0 Å². The van der Waals surface area contributed by atoms with Crippen molar-refractivity contribution in [2.24, 2.45) is 0 Å². The predicted octanol–water partition coefficient (Wildman–Crippen LogP) is -0.874. The fraction of sp³-hybridized carbons (Fsp3) is 0.333. The molecule has 0 aliphatic rings. The zero-order chi connectivity index (χ0) is 13.9. The summed E-state index contributed by atoms with van der Waals surface area (Å²) < 4.78 is 25.7. The van der Waals surface area contributed by atoms with E-state index in [2.05, 4.69) is 15.0 Å². The molecule has 1 rings (SSSR count). The van der Waals surface area contributed by atoms with E-state index in [0.29, 0.717) is 0 Å². The average Bonchev–Trinajstić information content (AvgIpc) is 2.77. The number of amides is 1. The minimum absolute atomic E-state index is 0.240. The maximum absolute atomic E-state index is 11.8. The minimum Gasteiger partial charge on any atom is -0.477 e. The summed E-state index contributed by atoms with van der Waals surface area (Å²) in [4.78, 5) is 23.9. The van der Waals surface area contributed by atoms with Gasteiger partial charge in [-0.05, 0) is 13.0 Å². The van der Waals surface area contributed by atoms with Gasteiger partial charge in [-0.3, -0.25) is 4.79 Å². The van der Waals surface area contributed by atoms with Crippen molar-refractivity contribution in [1.29, 1.82) is 0 Å². The highest BCUT2D eigenvalue weighted by molar-refractivity contribution is 7.89. The Labute approximate surface area is 103 Å². The molecule has 8 nitrogen and oxygen atoms in total. The van der Waals surface area contributed by atoms with Crippen LogP contribution in [0.15, 0.2) is 17.2 Å². The van der Waals surface area contributed by atoms with Crippen molar-refractivity contribution in [3.05, 3.63) is 18.0 Å². The molecule has 1 atom stereocenters.